The molecule has 2 aliphatic rings. The second kappa shape index (κ2) is 10.5. The van der Waals surface area contributed by atoms with Crippen LogP contribution in [0.4, 0.5) is 13.2 Å². The van der Waals surface area contributed by atoms with Crippen LogP contribution in [-0.4, -0.2) is 117 Å². The van der Waals surface area contributed by atoms with Gasteiger partial charge in [-0.3, -0.25) is 9.89 Å². The Kier molecular flexibility index (Phi) is 8.62. The summed E-state index contributed by atoms with van der Waals surface area (Å²) in [5, 5.41) is 3.37. The minimum Gasteiger partial charge on any atom is -0.356 e. The molecule has 0 spiro atoms. The highest BCUT2D eigenvalue weighted by Crippen LogP contribution is 2.25. The van der Waals surface area contributed by atoms with Crippen LogP contribution in [0.1, 0.15) is 19.8 Å². The molecule has 158 valence electrons. The molecule has 1 unspecified atom stereocenters. The summed E-state index contributed by atoms with van der Waals surface area (Å²) in [5.41, 5.74) is 0. The molecular formula is C18H35F3N6. The topological polar surface area (TPSA) is 37.4 Å². The lowest BCUT2D eigenvalue weighted by Gasteiger charge is -2.39. The molecular weight excluding hydrogens is 357 g/mol. The Morgan fingerprint density at radius 1 is 1.00 bits per heavy atom. The van der Waals surface area contributed by atoms with Crippen molar-refractivity contribution in [1.82, 2.24) is 24.9 Å². The SMILES string of the molecule is CN=C(NCCCCN1CCN(C)CC1)N1CCN(C(C)C(F)(F)F)CC1. The average molecular weight is 393 g/mol. The number of unbranched alkanes of at least 4 members (excludes halogenated alkanes) is 1. The molecule has 9 heteroatoms. The largest absolute Gasteiger partial charge is 0.403 e. The van der Waals surface area contributed by atoms with E-state index in [1.54, 1.807) is 7.05 Å². The van der Waals surface area contributed by atoms with Crippen molar-refractivity contribution in [3.05, 3.63) is 0 Å². The first kappa shape index (κ1) is 22.2. The standard InChI is InChI=1S/C18H35F3N6/c1-16(18(19,20)21)26-12-14-27(15-13-26)17(22-2)23-6-4-5-7-25-10-8-24(3)9-11-25/h16H,4-15H2,1-3H3,(H,22,23). The highest BCUT2D eigenvalue weighted by atomic mass is 19.4. The second-order valence-electron chi connectivity index (χ2n) is 7.57. The number of hydrogen-bond acceptors (Lipinski definition) is 4. The van der Waals surface area contributed by atoms with E-state index >= 15 is 0 Å². The van der Waals surface area contributed by atoms with Gasteiger partial charge in [0, 0.05) is 66.0 Å². The molecule has 2 aliphatic heterocycles. The highest BCUT2D eigenvalue weighted by Gasteiger charge is 2.41. The average Bonchev–Trinajstić information content (AvgIpc) is 2.65. The number of piperazine rings is 2. The molecule has 0 aromatic rings. The van der Waals surface area contributed by atoms with Gasteiger partial charge in [0.2, 0.25) is 0 Å². The molecule has 1 atom stereocenters. The summed E-state index contributed by atoms with van der Waals surface area (Å²) in [6, 6.07) is -1.39. The normalized spacial score (nSPS) is 22.9. The molecule has 6 nitrogen and oxygen atoms in total. The fourth-order valence-electron chi connectivity index (χ4n) is 3.59. The van der Waals surface area contributed by atoms with Gasteiger partial charge in [0.1, 0.15) is 6.04 Å². The maximum atomic E-state index is 12.9. The number of halogens is 3. The van der Waals surface area contributed by atoms with Crippen molar-refractivity contribution in [2.75, 3.05) is 79.5 Å². The lowest BCUT2D eigenvalue weighted by Crippen LogP contribution is -2.56. The molecule has 0 aromatic carbocycles. The van der Waals surface area contributed by atoms with E-state index in [9.17, 15) is 13.2 Å². The Morgan fingerprint density at radius 3 is 2.19 bits per heavy atom. The quantitative estimate of drug-likeness (QED) is 0.417. The van der Waals surface area contributed by atoms with Crippen molar-refractivity contribution in [2.45, 2.75) is 32.0 Å². The van der Waals surface area contributed by atoms with E-state index in [1.807, 2.05) is 0 Å². The number of alkyl halides is 3. The van der Waals surface area contributed by atoms with Gasteiger partial charge in [-0.1, -0.05) is 0 Å². The molecule has 0 aromatic heterocycles. The first-order chi connectivity index (χ1) is 12.8. The van der Waals surface area contributed by atoms with Crippen LogP contribution in [-0.2, 0) is 0 Å². The Labute approximate surface area is 161 Å². The van der Waals surface area contributed by atoms with Crippen LogP contribution in [0.5, 0.6) is 0 Å². The minimum atomic E-state index is -4.16. The summed E-state index contributed by atoms with van der Waals surface area (Å²) in [6.07, 6.45) is -1.95. The van der Waals surface area contributed by atoms with Crippen LogP contribution in [0.15, 0.2) is 4.99 Å². The smallest absolute Gasteiger partial charge is 0.356 e. The number of rotatable bonds is 6. The summed E-state index contributed by atoms with van der Waals surface area (Å²) in [7, 11) is 3.90. The maximum Gasteiger partial charge on any atom is 0.403 e. The monoisotopic (exact) mass is 392 g/mol. The van der Waals surface area contributed by atoms with Crippen LogP contribution in [0, 0.1) is 0 Å². The Bertz CT molecular complexity index is 455. The zero-order chi connectivity index (χ0) is 19.9. The Hall–Kier alpha value is -1.06. The van der Waals surface area contributed by atoms with E-state index in [2.05, 4.69) is 32.1 Å². The Balaban J connectivity index is 1.62. The first-order valence-electron chi connectivity index (χ1n) is 9.98. The lowest BCUT2D eigenvalue weighted by molar-refractivity contribution is -0.181. The molecule has 0 saturated carbocycles. The van der Waals surface area contributed by atoms with Crippen LogP contribution < -0.4 is 5.32 Å². The number of hydrogen-bond donors (Lipinski definition) is 1. The third-order valence-electron chi connectivity index (χ3n) is 5.63. The van der Waals surface area contributed by atoms with Gasteiger partial charge in [-0.25, -0.2) is 0 Å². The van der Waals surface area contributed by atoms with E-state index in [0.717, 1.165) is 58.1 Å². The van der Waals surface area contributed by atoms with Crippen LogP contribution >= 0.6 is 0 Å². The van der Waals surface area contributed by atoms with Gasteiger partial charge in [-0.15, -0.1) is 0 Å². The first-order valence-corrected chi connectivity index (χ1v) is 9.98. The third kappa shape index (κ3) is 7.12. The zero-order valence-electron chi connectivity index (χ0n) is 16.9. The van der Waals surface area contributed by atoms with Gasteiger partial charge in [-0.2, -0.15) is 13.2 Å². The third-order valence-corrected chi connectivity index (χ3v) is 5.63. The van der Waals surface area contributed by atoms with Crippen molar-refractivity contribution in [3.63, 3.8) is 0 Å². The molecule has 2 saturated heterocycles. The van der Waals surface area contributed by atoms with Gasteiger partial charge < -0.3 is 20.0 Å². The molecule has 27 heavy (non-hydrogen) atoms. The molecule has 2 heterocycles. The van der Waals surface area contributed by atoms with Gasteiger partial charge in [-0.05, 0) is 33.4 Å². The number of likely N-dealkylation sites (N-methyl/N-ethyl adjacent to an activating group) is 1. The summed E-state index contributed by atoms with van der Waals surface area (Å²) < 4.78 is 38.6. The summed E-state index contributed by atoms with van der Waals surface area (Å²) in [5.74, 6) is 0.800. The predicted molar refractivity (Wildman–Crippen MR) is 103 cm³/mol. The number of aliphatic imine (C=N–C) groups is 1. The maximum absolute atomic E-state index is 12.9. The van der Waals surface area contributed by atoms with E-state index in [0.29, 0.717) is 26.2 Å². The van der Waals surface area contributed by atoms with Crippen molar-refractivity contribution in [3.8, 4) is 0 Å². The van der Waals surface area contributed by atoms with Crippen molar-refractivity contribution < 1.29 is 13.2 Å². The predicted octanol–water partition coefficient (Wildman–Crippen LogP) is 1.16. The fourth-order valence-corrected chi connectivity index (χ4v) is 3.59. The number of nitrogens with zero attached hydrogens (tertiary/aromatic N) is 5. The lowest BCUT2D eigenvalue weighted by atomic mass is 10.2. The molecule has 2 fully saturated rings. The van der Waals surface area contributed by atoms with Gasteiger partial charge in [0.05, 0.1) is 0 Å². The van der Waals surface area contributed by atoms with Crippen LogP contribution in [0.2, 0.25) is 0 Å². The van der Waals surface area contributed by atoms with E-state index in [-0.39, 0.29) is 0 Å². The van der Waals surface area contributed by atoms with Crippen LogP contribution in [0.25, 0.3) is 0 Å². The molecule has 1 N–H and O–H groups in total. The zero-order valence-corrected chi connectivity index (χ0v) is 16.9. The van der Waals surface area contributed by atoms with Crippen molar-refractivity contribution >= 4 is 5.96 Å². The minimum absolute atomic E-state index is 0.408. The molecule has 2 rings (SSSR count). The van der Waals surface area contributed by atoms with Crippen molar-refractivity contribution in [1.29, 1.82) is 0 Å². The summed E-state index contributed by atoms with van der Waals surface area (Å²) in [6.45, 7) is 9.75. The van der Waals surface area contributed by atoms with Gasteiger partial charge in [0.15, 0.2) is 5.96 Å². The number of guanidine groups is 1. The Morgan fingerprint density at radius 2 is 1.63 bits per heavy atom. The highest BCUT2D eigenvalue weighted by molar-refractivity contribution is 5.79. The number of nitrogens with one attached hydrogen (secondary N) is 1. The van der Waals surface area contributed by atoms with Gasteiger partial charge in [0.25, 0.3) is 0 Å². The molecule has 0 bridgehead atoms. The molecule has 0 amide bonds. The van der Waals surface area contributed by atoms with E-state index in [4.69, 9.17) is 0 Å². The van der Waals surface area contributed by atoms with Crippen LogP contribution in [0.3, 0.4) is 0 Å². The molecule has 0 aliphatic carbocycles. The van der Waals surface area contributed by atoms with E-state index < -0.39 is 12.2 Å². The van der Waals surface area contributed by atoms with Gasteiger partial charge >= 0.3 is 6.18 Å². The fraction of sp³-hybridized carbons (Fsp3) is 0.944. The molecule has 0 radical (unpaired) electrons. The van der Waals surface area contributed by atoms with Crippen molar-refractivity contribution in [2.24, 2.45) is 4.99 Å². The summed E-state index contributed by atoms with van der Waals surface area (Å²) in [4.78, 5) is 12.7. The van der Waals surface area contributed by atoms with E-state index in [1.165, 1.54) is 11.8 Å². The summed E-state index contributed by atoms with van der Waals surface area (Å²) >= 11 is 0. The second-order valence-corrected chi connectivity index (χ2v) is 7.57.